The predicted octanol–water partition coefficient (Wildman–Crippen LogP) is 0.958. The van der Waals surface area contributed by atoms with Crippen LogP contribution in [0.25, 0.3) is 0 Å². The number of imidazole rings is 1. The van der Waals surface area contributed by atoms with Crippen LogP contribution in [0.5, 0.6) is 0 Å². The summed E-state index contributed by atoms with van der Waals surface area (Å²) >= 11 is 0. The molecule has 1 aromatic heterocycles. The molecule has 18 heavy (non-hydrogen) atoms. The van der Waals surface area contributed by atoms with Crippen LogP contribution in [0.2, 0.25) is 0 Å². The fraction of sp³-hybridized carbons (Fsp3) is 0.583. The average molecular weight is 253 g/mol. The third-order valence-electron chi connectivity index (χ3n) is 2.84. The number of H-pyrrole nitrogens is 1. The van der Waals surface area contributed by atoms with Crippen LogP contribution < -0.4 is 5.32 Å². The Bertz CT molecular complexity index is 389. The number of hydrogen-bond acceptors (Lipinski definition) is 3. The van der Waals surface area contributed by atoms with Crippen molar-refractivity contribution in [1.29, 1.82) is 0 Å². The van der Waals surface area contributed by atoms with Gasteiger partial charge in [-0.05, 0) is 5.92 Å². The van der Waals surface area contributed by atoms with Crippen LogP contribution in [0, 0.1) is 5.92 Å². The molecule has 0 fully saturated rings. The minimum atomic E-state index is -1.04. The Morgan fingerprint density at radius 1 is 1.56 bits per heavy atom. The summed E-state index contributed by atoms with van der Waals surface area (Å²) in [6.07, 6.45) is 4.49. The van der Waals surface area contributed by atoms with Crippen LogP contribution in [0.1, 0.15) is 32.4 Å². The third kappa shape index (κ3) is 4.57. The molecule has 1 heterocycles. The first kappa shape index (κ1) is 14.2. The van der Waals surface area contributed by atoms with Crippen molar-refractivity contribution in [3.8, 4) is 0 Å². The monoisotopic (exact) mass is 253 g/mol. The SMILES string of the molecule is CCC(C)CC(=O)N[C@H](Cc1cnc[nH]1)C(=O)O. The Morgan fingerprint density at radius 2 is 2.28 bits per heavy atom. The molecular formula is C12H19N3O3. The highest BCUT2D eigenvalue weighted by Gasteiger charge is 2.21. The summed E-state index contributed by atoms with van der Waals surface area (Å²) in [5.41, 5.74) is 0.686. The van der Waals surface area contributed by atoms with Crippen molar-refractivity contribution in [3.05, 3.63) is 18.2 Å². The second-order valence-electron chi connectivity index (χ2n) is 4.46. The molecule has 0 saturated carbocycles. The standard InChI is InChI=1S/C12H19N3O3/c1-3-8(2)4-11(16)15-10(12(17)18)5-9-6-13-7-14-9/h6-8,10H,3-5H2,1-2H3,(H,13,14)(H,15,16)(H,17,18)/t8?,10-/m1/s1. The van der Waals surface area contributed by atoms with Crippen LogP contribution in [-0.2, 0) is 16.0 Å². The van der Waals surface area contributed by atoms with E-state index in [0.29, 0.717) is 12.1 Å². The van der Waals surface area contributed by atoms with Gasteiger partial charge in [0.15, 0.2) is 0 Å². The number of carboxylic acid groups (broad SMARTS) is 1. The third-order valence-corrected chi connectivity index (χ3v) is 2.84. The maximum atomic E-state index is 11.7. The molecule has 1 amide bonds. The molecule has 0 saturated heterocycles. The van der Waals surface area contributed by atoms with E-state index in [1.165, 1.54) is 6.33 Å². The number of carbonyl (C=O) groups is 2. The first-order valence-corrected chi connectivity index (χ1v) is 6.02. The van der Waals surface area contributed by atoms with Crippen molar-refractivity contribution in [3.63, 3.8) is 0 Å². The molecule has 0 spiro atoms. The number of nitrogens with one attached hydrogen (secondary N) is 2. The van der Waals surface area contributed by atoms with Gasteiger partial charge in [0.05, 0.1) is 6.33 Å². The smallest absolute Gasteiger partial charge is 0.326 e. The first-order valence-electron chi connectivity index (χ1n) is 6.02. The lowest BCUT2D eigenvalue weighted by molar-refractivity contribution is -0.141. The van der Waals surface area contributed by atoms with Gasteiger partial charge in [-0.3, -0.25) is 4.79 Å². The number of nitrogens with zero attached hydrogens (tertiary/aromatic N) is 1. The number of rotatable bonds is 7. The Morgan fingerprint density at radius 3 is 2.78 bits per heavy atom. The summed E-state index contributed by atoms with van der Waals surface area (Å²) in [6, 6.07) is -0.915. The van der Waals surface area contributed by atoms with E-state index in [4.69, 9.17) is 5.11 Å². The summed E-state index contributed by atoms with van der Waals surface area (Å²) in [7, 11) is 0. The zero-order chi connectivity index (χ0) is 13.5. The summed E-state index contributed by atoms with van der Waals surface area (Å²) in [5, 5.41) is 11.6. The van der Waals surface area contributed by atoms with E-state index in [0.717, 1.165) is 6.42 Å². The number of hydrogen-bond donors (Lipinski definition) is 3. The summed E-state index contributed by atoms with van der Waals surface area (Å²) < 4.78 is 0. The largest absolute Gasteiger partial charge is 0.480 e. The topological polar surface area (TPSA) is 95.1 Å². The number of carboxylic acids is 1. The normalized spacial score (nSPS) is 13.9. The quantitative estimate of drug-likeness (QED) is 0.674. The van der Waals surface area contributed by atoms with E-state index >= 15 is 0 Å². The Balaban J connectivity index is 2.53. The van der Waals surface area contributed by atoms with Crippen LogP contribution in [0.4, 0.5) is 0 Å². The molecule has 6 nitrogen and oxygen atoms in total. The highest BCUT2D eigenvalue weighted by Crippen LogP contribution is 2.07. The van der Waals surface area contributed by atoms with E-state index in [-0.39, 0.29) is 18.2 Å². The molecular weight excluding hydrogens is 234 g/mol. The van der Waals surface area contributed by atoms with Gasteiger partial charge in [-0.2, -0.15) is 0 Å². The lowest BCUT2D eigenvalue weighted by Crippen LogP contribution is -2.42. The molecule has 1 aromatic rings. The lowest BCUT2D eigenvalue weighted by atomic mass is 10.0. The van der Waals surface area contributed by atoms with Crippen LogP contribution in [0.15, 0.2) is 12.5 Å². The predicted molar refractivity (Wildman–Crippen MR) is 65.9 cm³/mol. The van der Waals surface area contributed by atoms with E-state index in [2.05, 4.69) is 15.3 Å². The van der Waals surface area contributed by atoms with Crippen LogP contribution in [-0.4, -0.2) is 33.0 Å². The van der Waals surface area contributed by atoms with Crippen molar-refractivity contribution in [1.82, 2.24) is 15.3 Å². The fourth-order valence-corrected chi connectivity index (χ4v) is 1.53. The molecule has 0 aliphatic rings. The molecule has 0 aromatic carbocycles. The molecule has 0 bridgehead atoms. The van der Waals surface area contributed by atoms with Gasteiger partial charge < -0.3 is 15.4 Å². The highest BCUT2D eigenvalue weighted by molar-refractivity contribution is 5.83. The number of amides is 1. The molecule has 2 atom stereocenters. The molecule has 100 valence electrons. The molecule has 0 aliphatic heterocycles. The van der Waals surface area contributed by atoms with Crippen molar-refractivity contribution in [2.24, 2.45) is 5.92 Å². The van der Waals surface area contributed by atoms with Gasteiger partial charge in [-0.15, -0.1) is 0 Å². The highest BCUT2D eigenvalue weighted by atomic mass is 16.4. The van der Waals surface area contributed by atoms with Gasteiger partial charge in [0, 0.05) is 24.7 Å². The molecule has 1 unspecified atom stereocenters. The second-order valence-corrected chi connectivity index (χ2v) is 4.46. The average Bonchev–Trinajstić information content (AvgIpc) is 2.80. The zero-order valence-electron chi connectivity index (χ0n) is 10.6. The van der Waals surface area contributed by atoms with E-state index in [1.807, 2.05) is 13.8 Å². The van der Waals surface area contributed by atoms with Crippen molar-refractivity contribution >= 4 is 11.9 Å². The molecule has 0 radical (unpaired) electrons. The Kier molecular flexibility index (Phi) is 5.35. The van der Waals surface area contributed by atoms with E-state index in [9.17, 15) is 9.59 Å². The van der Waals surface area contributed by atoms with Gasteiger partial charge in [-0.25, -0.2) is 9.78 Å². The number of aromatic nitrogens is 2. The second kappa shape index (κ2) is 6.78. The van der Waals surface area contributed by atoms with Crippen molar-refractivity contribution in [2.45, 2.75) is 39.2 Å². The zero-order valence-corrected chi connectivity index (χ0v) is 10.6. The van der Waals surface area contributed by atoms with E-state index in [1.54, 1.807) is 6.20 Å². The number of aliphatic carboxylic acids is 1. The molecule has 3 N–H and O–H groups in total. The van der Waals surface area contributed by atoms with Crippen LogP contribution >= 0.6 is 0 Å². The number of carbonyl (C=O) groups excluding carboxylic acids is 1. The summed E-state index contributed by atoms with van der Waals surface area (Å²) in [4.78, 5) is 29.4. The minimum absolute atomic E-state index is 0.210. The molecule has 6 heteroatoms. The van der Waals surface area contributed by atoms with Crippen molar-refractivity contribution < 1.29 is 14.7 Å². The van der Waals surface area contributed by atoms with Gasteiger partial charge in [-0.1, -0.05) is 20.3 Å². The van der Waals surface area contributed by atoms with Crippen LogP contribution in [0.3, 0.4) is 0 Å². The lowest BCUT2D eigenvalue weighted by Gasteiger charge is -2.15. The molecule has 1 rings (SSSR count). The summed E-state index contributed by atoms with van der Waals surface area (Å²) in [5.74, 6) is -1.01. The first-order chi connectivity index (χ1) is 8.52. The maximum Gasteiger partial charge on any atom is 0.326 e. The van der Waals surface area contributed by atoms with Gasteiger partial charge >= 0.3 is 5.97 Å². The Labute approximate surface area is 106 Å². The molecule has 0 aliphatic carbocycles. The number of aromatic amines is 1. The fourth-order valence-electron chi connectivity index (χ4n) is 1.53. The van der Waals surface area contributed by atoms with Gasteiger partial charge in [0.25, 0.3) is 0 Å². The maximum absolute atomic E-state index is 11.7. The van der Waals surface area contributed by atoms with Crippen molar-refractivity contribution in [2.75, 3.05) is 0 Å². The van der Waals surface area contributed by atoms with Gasteiger partial charge in [0.2, 0.25) is 5.91 Å². The van der Waals surface area contributed by atoms with Gasteiger partial charge in [0.1, 0.15) is 6.04 Å². The summed E-state index contributed by atoms with van der Waals surface area (Å²) in [6.45, 7) is 3.96. The minimum Gasteiger partial charge on any atom is -0.480 e. The van der Waals surface area contributed by atoms with E-state index < -0.39 is 12.0 Å². The Hall–Kier alpha value is -1.85.